The summed E-state index contributed by atoms with van der Waals surface area (Å²) in [5.74, 6) is 0.613. The number of benzene rings is 1. The Morgan fingerprint density at radius 1 is 1.31 bits per heavy atom. The molecule has 1 aliphatic rings. The highest BCUT2D eigenvalue weighted by Crippen LogP contribution is 2.28. The summed E-state index contributed by atoms with van der Waals surface area (Å²) in [5.41, 5.74) is 0.556. The lowest BCUT2D eigenvalue weighted by Gasteiger charge is -2.31. The number of nitrogens with zero attached hydrogens (tertiary/aromatic N) is 1. The summed E-state index contributed by atoms with van der Waals surface area (Å²) in [4.78, 5) is 25.8. The maximum Gasteiger partial charge on any atom is 0.319 e. The molecule has 1 fully saturated rings. The Morgan fingerprint density at radius 3 is 2.69 bits per heavy atom. The van der Waals surface area contributed by atoms with Crippen molar-refractivity contribution in [3.8, 4) is 5.75 Å². The SMILES string of the molecule is CCCOc1ccc(Cl)cc1NC(=O)NC1CCN(CC(=O)NC)CC1. The summed E-state index contributed by atoms with van der Waals surface area (Å²) in [6, 6.07) is 4.97. The van der Waals surface area contributed by atoms with Crippen LogP contribution in [-0.4, -0.2) is 56.2 Å². The largest absolute Gasteiger partial charge is 0.491 e. The highest BCUT2D eigenvalue weighted by atomic mass is 35.5. The lowest BCUT2D eigenvalue weighted by molar-refractivity contribution is -0.122. The van der Waals surface area contributed by atoms with Crippen molar-refractivity contribution < 1.29 is 14.3 Å². The maximum atomic E-state index is 12.3. The third kappa shape index (κ3) is 6.38. The molecule has 0 saturated carbocycles. The number of hydrogen-bond donors (Lipinski definition) is 3. The molecule has 1 aromatic rings. The molecule has 7 nitrogen and oxygen atoms in total. The lowest BCUT2D eigenvalue weighted by atomic mass is 10.1. The Morgan fingerprint density at radius 2 is 2.04 bits per heavy atom. The zero-order valence-corrected chi connectivity index (χ0v) is 16.1. The van der Waals surface area contributed by atoms with Crippen molar-refractivity contribution in [1.82, 2.24) is 15.5 Å². The van der Waals surface area contributed by atoms with E-state index in [4.69, 9.17) is 16.3 Å². The number of carbonyl (C=O) groups excluding carboxylic acids is 2. The second-order valence-corrected chi connectivity index (χ2v) is 6.75. The van der Waals surface area contributed by atoms with Crippen LogP contribution in [0.1, 0.15) is 26.2 Å². The topological polar surface area (TPSA) is 82.7 Å². The number of piperidine rings is 1. The molecule has 0 aromatic heterocycles. The second kappa shape index (κ2) is 10.2. The van der Waals surface area contributed by atoms with E-state index >= 15 is 0 Å². The first-order valence-corrected chi connectivity index (χ1v) is 9.32. The number of halogens is 1. The molecule has 0 unspecified atom stereocenters. The third-order valence-electron chi connectivity index (χ3n) is 4.22. The molecule has 1 aliphatic heterocycles. The van der Waals surface area contributed by atoms with Gasteiger partial charge in [-0.15, -0.1) is 0 Å². The molecule has 3 N–H and O–H groups in total. The standard InChI is InChI=1S/C18H27ClN4O3/c1-3-10-26-16-5-4-13(19)11-15(16)22-18(25)21-14-6-8-23(9-7-14)12-17(24)20-2/h4-5,11,14H,3,6-10,12H2,1-2H3,(H,20,24)(H2,21,22,25). The average molecular weight is 383 g/mol. The fourth-order valence-corrected chi connectivity index (χ4v) is 2.97. The quantitative estimate of drug-likeness (QED) is 0.676. The van der Waals surface area contributed by atoms with Gasteiger partial charge >= 0.3 is 6.03 Å². The first-order chi connectivity index (χ1) is 12.5. The van der Waals surface area contributed by atoms with Gasteiger partial charge < -0.3 is 20.7 Å². The first kappa shape index (κ1) is 20.3. The fourth-order valence-electron chi connectivity index (χ4n) is 2.80. The molecular formula is C18H27ClN4O3. The van der Waals surface area contributed by atoms with Gasteiger partial charge in [0.2, 0.25) is 5.91 Å². The van der Waals surface area contributed by atoms with Crippen LogP contribution in [0.2, 0.25) is 5.02 Å². The second-order valence-electron chi connectivity index (χ2n) is 6.31. The average Bonchev–Trinajstić information content (AvgIpc) is 2.62. The molecule has 0 atom stereocenters. The molecule has 0 aliphatic carbocycles. The molecule has 2 rings (SSSR count). The number of urea groups is 1. The smallest absolute Gasteiger partial charge is 0.319 e. The van der Waals surface area contributed by atoms with Crippen LogP contribution in [0.4, 0.5) is 10.5 Å². The van der Waals surface area contributed by atoms with E-state index in [0.29, 0.717) is 29.6 Å². The summed E-state index contributed by atoms with van der Waals surface area (Å²) < 4.78 is 5.65. The molecule has 3 amide bonds. The predicted molar refractivity (Wildman–Crippen MR) is 103 cm³/mol. The zero-order chi connectivity index (χ0) is 18.9. The Kier molecular flexibility index (Phi) is 8.00. The summed E-state index contributed by atoms with van der Waals surface area (Å²) >= 11 is 6.03. The normalized spacial score (nSPS) is 15.3. The van der Waals surface area contributed by atoms with Crippen LogP contribution < -0.4 is 20.7 Å². The molecule has 0 spiro atoms. The third-order valence-corrected chi connectivity index (χ3v) is 4.46. The van der Waals surface area contributed by atoms with Crippen molar-refractivity contribution in [2.45, 2.75) is 32.2 Å². The minimum atomic E-state index is -0.279. The van der Waals surface area contributed by atoms with E-state index in [0.717, 1.165) is 32.4 Å². The van der Waals surface area contributed by atoms with Crippen molar-refractivity contribution in [3.63, 3.8) is 0 Å². The van der Waals surface area contributed by atoms with Gasteiger partial charge in [0.05, 0.1) is 18.8 Å². The van der Waals surface area contributed by atoms with E-state index in [1.54, 1.807) is 25.2 Å². The van der Waals surface area contributed by atoms with Crippen LogP contribution >= 0.6 is 11.6 Å². The Balaban J connectivity index is 1.84. The molecule has 0 bridgehead atoms. The number of ether oxygens (including phenoxy) is 1. The van der Waals surface area contributed by atoms with E-state index in [1.807, 2.05) is 6.92 Å². The summed E-state index contributed by atoms with van der Waals surface area (Å²) in [7, 11) is 1.63. The molecule has 26 heavy (non-hydrogen) atoms. The summed E-state index contributed by atoms with van der Waals surface area (Å²) in [6.45, 7) is 4.55. The first-order valence-electron chi connectivity index (χ1n) is 8.94. The van der Waals surface area contributed by atoms with Crippen molar-refractivity contribution in [3.05, 3.63) is 23.2 Å². The fraction of sp³-hybridized carbons (Fsp3) is 0.556. The van der Waals surface area contributed by atoms with Crippen molar-refractivity contribution in [2.75, 3.05) is 38.6 Å². The van der Waals surface area contributed by atoms with Gasteiger partial charge in [0.15, 0.2) is 0 Å². The van der Waals surface area contributed by atoms with Crippen LogP contribution in [0.15, 0.2) is 18.2 Å². The molecule has 8 heteroatoms. The van der Waals surface area contributed by atoms with Gasteiger partial charge in [-0.3, -0.25) is 9.69 Å². The monoisotopic (exact) mass is 382 g/mol. The molecule has 1 saturated heterocycles. The van der Waals surface area contributed by atoms with Gasteiger partial charge in [-0.2, -0.15) is 0 Å². The van der Waals surface area contributed by atoms with Gasteiger partial charge in [-0.05, 0) is 37.5 Å². The van der Waals surface area contributed by atoms with E-state index in [9.17, 15) is 9.59 Å². The van der Waals surface area contributed by atoms with Gasteiger partial charge in [0.25, 0.3) is 0 Å². The lowest BCUT2D eigenvalue weighted by Crippen LogP contribution is -2.48. The number of anilines is 1. The van der Waals surface area contributed by atoms with Crippen molar-refractivity contribution in [1.29, 1.82) is 0 Å². The van der Waals surface area contributed by atoms with Crippen LogP contribution in [0.25, 0.3) is 0 Å². The number of likely N-dealkylation sites (tertiary alicyclic amines) is 1. The molecule has 1 aromatic carbocycles. The highest BCUT2D eigenvalue weighted by molar-refractivity contribution is 6.31. The van der Waals surface area contributed by atoms with Crippen LogP contribution in [0.3, 0.4) is 0 Å². The van der Waals surface area contributed by atoms with Crippen molar-refractivity contribution >= 4 is 29.2 Å². The van der Waals surface area contributed by atoms with Crippen LogP contribution in [0.5, 0.6) is 5.75 Å². The van der Waals surface area contributed by atoms with Gasteiger partial charge in [-0.1, -0.05) is 18.5 Å². The predicted octanol–water partition coefficient (Wildman–Crippen LogP) is 2.46. The Hall–Kier alpha value is -1.99. The minimum Gasteiger partial charge on any atom is -0.491 e. The van der Waals surface area contributed by atoms with E-state index in [2.05, 4.69) is 20.9 Å². The molecular weight excluding hydrogens is 356 g/mol. The van der Waals surface area contributed by atoms with Gasteiger partial charge in [-0.25, -0.2) is 4.79 Å². The highest BCUT2D eigenvalue weighted by Gasteiger charge is 2.22. The number of nitrogens with one attached hydrogen (secondary N) is 3. The molecule has 144 valence electrons. The Bertz CT molecular complexity index is 618. The number of likely N-dealkylation sites (N-methyl/N-ethyl adjacent to an activating group) is 1. The molecule has 1 heterocycles. The summed E-state index contributed by atoms with van der Waals surface area (Å²) in [5, 5.41) is 8.96. The number of amides is 3. The van der Waals surface area contributed by atoms with E-state index in [-0.39, 0.29) is 18.0 Å². The Labute approximate surface area is 159 Å². The number of rotatable bonds is 7. The van der Waals surface area contributed by atoms with Crippen molar-refractivity contribution in [2.24, 2.45) is 0 Å². The number of carbonyl (C=O) groups is 2. The zero-order valence-electron chi connectivity index (χ0n) is 15.3. The van der Waals surface area contributed by atoms with E-state index in [1.165, 1.54) is 0 Å². The van der Waals surface area contributed by atoms with E-state index < -0.39 is 0 Å². The maximum absolute atomic E-state index is 12.3. The summed E-state index contributed by atoms with van der Waals surface area (Å²) in [6.07, 6.45) is 2.49. The minimum absolute atomic E-state index is 0.00900. The van der Waals surface area contributed by atoms with Gasteiger partial charge in [0, 0.05) is 31.2 Å². The van der Waals surface area contributed by atoms with Crippen LogP contribution in [0, 0.1) is 0 Å². The molecule has 0 radical (unpaired) electrons. The van der Waals surface area contributed by atoms with Gasteiger partial charge in [0.1, 0.15) is 5.75 Å². The van der Waals surface area contributed by atoms with Crippen LogP contribution in [-0.2, 0) is 4.79 Å². The number of hydrogen-bond acceptors (Lipinski definition) is 4.